The molecule has 4 N–H and O–H groups in total. The molecule has 1 aliphatic rings. The molecule has 0 bridgehead atoms. The number of nitrogens with zero attached hydrogens (tertiary/aromatic N) is 1. The van der Waals surface area contributed by atoms with Gasteiger partial charge in [-0.3, -0.25) is 4.79 Å². The number of pyridine rings is 1. The Morgan fingerprint density at radius 3 is 2.65 bits per heavy atom. The maximum atomic E-state index is 10.9. The van der Waals surface area contributed by atoms with Crippen LogP contribution in [0.5, 0.6) is 0 Å². The van der Waals surface area contributed by atoms with Crippen LogP contribution in [0.25, 0.3) is 0 Å². The molecule has 0 aliphatic heterocycles. The number of hydrogen-bond acceptors (Lipinski definition) is 4. The van der Waals surface area contributed by atoms with Gasteiger partial charge in [-0.1, -0.05) is 12.8 Å². The number of rotatable bonds is 4. The summed E-state index contributed by atoms with van der Waals surface area (Å²) in [6.07, 6.45) is 5.58. The minimum atomic E-state index is -0.484. The number of nitrogens with two attached hydrogens (primary N) is 1. The number of aliphatic hydroxyl groups excluding tert-OH is 1. The second-order valence-corrected chi connectivity index (χ2v) is 4.57. The normalized spacial score (nSPS) is 17.9. The summed E-state index contributed by atoms with van der Waals surface area (Å²) >= 11 is 0. The average Bonchev–Trinajstić information content (AvgIpc) is 2.79. The summed E-state index contributed by atoms with van der Waals surface area (Å²) in [5.41, 5.74) is 5.28. The lowest BCUT2D eigenvalue weighted by Gasteiger charge is -2.28. The molecular weight excluding hydrogens is 218 g/mol. The number of hydrogen-bond donors (Lipinski definition) is 3. The molecule has 0 saturated heterocycles. The van der Waals surface area contributed by atoms with E-state index in [0.717, 1.165) is 25.7 Å². The molecule has 0 aromatic carbocycles. The summed E-state index contributed by atoms with van der Waals surface area (Å²) in [6.45, 7) is 0.103. The molecule has 1 aromatic rings. The molecule has 0 spiro atoms. The Morgan fingerprint density at radius 1 is 1.47 bits per heavy atom. The molecule has 1 aliphatic carbocycles. The first-order valence-electron chi connectivity index (χ1n) is 5.80. The first kappa shape index (κ1) is 11.9. The third-order valence-corrected chi connectivity index (χ3v) is 3.30. The third kappa shape index (κ3) is 2.55. The van der Waals surface area contributed by atoms with Crippen molar-refractivity contribution in [3.8, 4) is 0 Å². The van der Waals surface area contributed by atoms with Crippen molar-refractivity contribution in [2.75, 3.05) is 11.9 Å². The van der Waals surface area contributed by atoms with Gasteiger partial charge in [0.05, 0.1) is 17.7 Å². The van der Waals surface area contributed by atoms with Crippen molar-refractivity contribution in [1.82, 2.24) is 4.98 Å². The molecule has 1 heterocycles. The predicted octanol–water partition coefficient (Wildman–Crippen LogP) is 0.897. The van der Waals surface area contributed by atoms with E-state index in [9.17, 15) is 9.90 Å². The monoisotopic (exact) mass is 235 g/mol. The lowest BCUT2D eigenvalue weighted by molar-refractivity contribution is 0.1000. The minimum absolute atomic E-state index is 0.103. The molecule has 17 heavy (non-hydrogen) atoms. The SMILES string of the molecule is NC(=O)c1ccc(NC2(CO)CCCC2)nc1. The van der Waals surface area contributed by atoms with Gasteiger partial charge in [0.2, 0.25) is 5.91 Å². The fourth-order valence-corrected chi connectivity index (χ4v) is 2.26. The summed E-state index contributed by atoms with van der Waals surface area (Å²) in [5.74, 6) is 0.188. The van der Waals surface area contributed by atoms with Gasteiger partial charge >= 0.3 is 0 Å². The lowest BCUT2D eigenvalue weighted by Crippen LogP contribution is -2.39. The smallest absolute Gasteiger partial charge is 0.250 e. The molecule has 5 nitrogen and oxygen atoms in total. The summed E-state index contributed by atoms with van der Waals surface area (Å²) in [4.78, 5) is 15.0. The summed E-state index contributed by atoms with van der Waals surface area (Å²) < 4.78 is 0. The van der Waals surface area contributed by atoms with Crippen molar-refractivity contribution in [3.63, 3.8) is 0 Å². The van der Waals surface area contributed by atoms with Crippen molar-refractivity contribution < 1.29 is 9.90 Å². The maximum Gasteiger partial charge on any atom is 0.250 e. The van der Waals surface area contributed by atoms with E-state index in [1.165, 1.54) is 6.20 Å². The van der Waals surface area contributed by atoms with E-state index in [1.54, 1.807) is 12.1 Å². The fourth-order valence-electron chi connectivity index (χ4n) is 2.26. The Balaban J connectivity index is 2.10. The number of nitrogens with one attached hydrogen (secondary N) is 1. The van der Waals surface area contributed by atoms with Crippen molar-refractivity contribution in [3.05, 3.63) is 23.9 Å². The van der Waals surface area contributed by atoms with Gasteiger partial charge < -0.3 is 16.2 Å². The zero-order valence-corrected chi connectivity index (χ0v) is 9.65. The molecule has 1 saturated carbocycles. The number of aromatic nitrogens is 1. The Morgan fingerprint density at radius 2 is 2.18 bits per heavy atom. The number of anilines is 1. The van der Waals surface area contributed by atoms with Gasteiger partial charge in [-0.15, -0.1) is 0 Å². The van der Waals surface area contributed by atoms with Gasteiger partial charge in [0.1, 0.15) is 5.82 Å². The summed E-state index contributed by atoms with van der Waals surface area (Å²) in [5, 5.41) is 12.7. The van der Waals surface area contributed by atoms with E-state index in [-0.39, 0.29) is 12.1 Å². The van der Waals surface area contributed by atoms with Crippen molar-refractivity contribution in [2.45, 2.75) is 31.2 Å². The predicted molar refractivity (Wildman–Crippen MR) is 64.7 cm³/mol. The molecular formula is C12H17N3O2. The van der Waals surface area contributed by atoms with Crippen LogP contribution in [-0.4, -0.2) is 28.1 Å². The second-order valence-electron chi connectivity index (χ2n) is 4.57. The Kier molecular flexibility index (Phi) is 3.28. The number of aliphatic hydroxyl groups is 1. The molecule has 92 valence electrons. The zero-order chi connectivity index (χ0) is 12.3. The van der Waals surface area contributed by atoms with Gasteiger partial charge in [0, 0.05) is 6.20 Å². The van der Waals surface area contributed by atoms with E-state index in [1.807, 2.05) is 0 Å². The fraction of sp³-hybridized carbons (Fsp3) is 0.500. The highest BCUT2D eigenvalue weighted by Gasteiger charge is 2.33. The van der Waals surface area contributed by atoms with Gasteiger partial charge in [-0.2, -0.15) is 0 Å². The summed E-state index contributed by atoms with van der Waals surface area (Å²) in [6, 6.07) is 3.35. The van der Waals surface area contributed by atoms with Crippen LogP contribution in [0.2, 0.25) is 0 Å². The van der Waals surface area contributed by atoms with Gasteiger partial charge in [0.25, 0.3) is 0 Å². The highest BCUT2D eigenvalue weighted by Crippen LogP contribution is 2.32. The van der Waals surface area contributed by atoms with Gasteiger partial charge in [0.15, 0.2) is 0 Å². The van der Waals surface area contributed by atoms with Gasteiger partial charge in [-0.05, 0) is 25.0 Å². The molecule has 1 amide bonds. The van der Waals surface area contributed by atoms with Crippen LogP contribution in [-0.2, 0) is 0 Å². The van der Waals surface area contributed by atoms with Crippen LogP contribution in [0.3, 0.4) is 0 Å². The average molecular weight is 235 g/mol. The van der Waals surface area contributed by atoms with Crippen LogP contribution < -0.4 is 11.1 Å². The van der Waals surface area contributed by atoms with Crippen LogP contribution in [0.4, 0.5) is 5.82 Å². The summed E-state index contributed by atoms with van der Waals surface area (Å²) in [7, 11) is 0. The minimum Gasteiger partial charge on any atom is -0.394 e. The van der Waals surface area contributed by atoms with Crippen LogP contribution >= 0.6 is 0 Å². The number of carbonyl (C=O) groups is 1. The maximum absolute atomic E-state index is 10.9. The molecule has 0 unspecified atom stereocenters. The zero-order valence-electron chi connectivity index (χ0n) is 9.65. The van der Waals surface area contributed by atoms with Crippen molar-refractivity contribution in [1.29, 1.82) is 0 Å². The molecule has 2 rings (SSSR count). The third-order valence-electron chi connectivity index (χ3n) is 3.30. The lowest BCUT2D eigenvalue weighted by atomic mass is 9.99. The van der Waals surface area contributed by atoms with E-state index in [4.69, 9.17) is 5.73 Å². The number of amides is 1. The first-order chi connectivity index (χ1) is 8.15. The topological polar surface area (TPSA) is 88.2 Å². The van der Waals surface area contributed by atoms with E-state index < -0.39 is 5.91 Å². The molecule has 5 heteroatoms. The quantitative estimate of drug-likeness (QED) is 0.723. The van der Waals surface area contributed by atoms with Crippen molar-refractivity contribution in [2.24, 2.45) is 5.73 Å². The Hall–Kier alpha value is -1.62. The molecule has 1 aromatic heterocycles. The van der Waals surface area contributed by atoms with Crippen molar-refractivity contribution >= 4 is 11.7 Å². The van der Waals surface area contributed by atoms with E-state index in [0.29, 0.717) is 11.4 Å². The van der Waals surface area contributed by atoms with Gasteiger partial charge in [-0.25, -0.2) is 4.98 Å². The number of carbonyl (C=O) groups excluding carboxylic acids is 1. The highest BCUT2D eigenvalue weighted by atomic mass is 16.3. The van der Waals surface area contributed by atoms with E-state index >= 15 is 0 Å². The largest absolute Gasteiger partial charge is 0.394 e. The van der Waals surface area contributed by atoms with E-state index in [2.05, 4.69) is 10.3 Å². The molecule has 1 fully saturated rings. The Bertz CT molecular complexity index is 397. The molecule has 0 atom stereocenters. The first-order valence-corrected chi connectivity index (χ1v) is 5.80. The Labute approximate surface area is 100 Å². The standard InChI is InChI=1S/C12H17N3O2/c13-11(17)9-3-4-10(14-7-9)15-12(8-16)5-1-2-6-12/h3-4,7,16H,1-2,5-6,8H2,(H2,13,17)(H,14,15). The van der Waals surface area contributed by atoms with Crippen LogP contribution in [0.15, 0.2) is 18.3 Å². The second kappa shape index (κ2) is 4.71. The van der Waals surface area contributed by atoms with Crippen LogP contribution in [0.1, 0.15) is 36.0 Å². The molecule has 0 radical (unpaired) electrons. The van der Waals surface area contributed by atoms with Crippen LogP contribution in [0, 0.1) is 0 Å². The number of primary amides is 1. The highest BCUT2D eigenvalue weighted by molar-refractivity contribution is 5.92.